The predicted molar refractivity (Wildman–Crippen MR) is 95.4 cm³/mol. The number of amides is 1. The molecule has 0 saturated heterocycles. The number of thioether (sulfide) groups is 1. The zero-order valence-electron chi connectivity index (χ0n) is 14.0. The third-order valence-electron chi connectivity index (χ3n) is 4.46. The van der Waals surface area contributed by atoms with E-state index in [1.165, 1.54) is 4.90 Å². The van der Waals surface area contributed by atoms with E-state index in [1.807, 2.05) is 43.0 Å². The van der Waals surface area contributed by atoms with Gasteiger partial charge in [-0.25, -0.2) is 4.98 Å². The number of rotatable bonds is 6. The first-order chi connectivity index (χ1) is 11.7. The number of ether oxygens (including phenoxy) is 1. The smallest absolute Gasteiger partial charge is 0.261 e. The van der Waals surface area contributed by atoms with Gasteiger partial charge >= 0.3 is 0 Å². The average Bonchev–Trinajstić information content (AvgIpc) is 3.26. The number of carbonyl (C=O) groups is 1. The highest BCUT2D eigenvalue weighted by Gasteiger charge is 2.31. The van der Waals surface area contributed by atoms with Crippen LogP contribution in [0.5, 0.6) is 5.75 Å². The summed E-state index contributed by atoms with van der Waals surface area (Å²) in [5, 5.41) is 3.14. The van der Waals surface area contributed by atoms with Crippen LogP contribution < -0.4 is 10.1 Å². The van der Waals surface area contributed by atoms with Crippen molar-refractivity contribution in [3.63, 3.8) is 0 Å². The van der Waals surface area contributed by atoms with Crippen molar-refractivity contribution in [1.82, 2.24) is 14.9 Å². The van der Waals surface area contributed by atoms with Gasteiger partial charge in [-0.3, -0.25) is 4.79 Å². The fourth-order valence-electron chi connectivity index (χ4n) is 3.14. The van der Waals surface area contributed by atoms with Gasteiger partial charge < -0.3 is 14.6 Å². The van der Waals surface area contributed by atoms with Crippen molar-refractivity contribution in [2.75, 3.05) is 6.26 Å². The zero-order chi connectivity index (χ0) is 16.9. The van der Waals surface area contributed by atoms with Gasteiger partial charge in [0.25, 0.3) is 5.91 Å². The van der Waals surface area contributed by atoms with Gasteiger partial charge in [0.1, 0.15) is 5.75 Å². The highest BCUT2D eigenvalue weighted by molar-refractivity contribution is 7.98. The number of hydrogen-bond donors (Lipinski definition) is 1. The standard InChI is InChI=1S/C18H23N3O2S/c1-13(23-14-6-8-15(24-2)9-7-14)18(22)20-16-4-3-5-17(16)21-11-10-19-12-21/h6-13,16-17H,3-5H2,1-2H3,(H,20,22)/t13-,16+,17-/m1/s1. The van der Waals surface area contributed by atoms with Crippen molar-refractivity contribution in [3.05, 3.63) is 43.0 Å². The first-order valence-corrected chi connectivity index (χ1v) is 9.48. The minimum atomic E-state index is -0.519. The molecule has 128 valence electrons. The van der Waals surface area contributed by atoms with Crippen LogP contribution in [-0.4, -0.2) is 33.9 Å². The summed E-state index contributed by atoms with van der Waals surface area (Å²) in [6, 6.07) is 8.22. The Morgan fingerprint density at radius 3 is 2.83 bits per heavy atom. The lowest BCUT2D eigenvalue weighted by Gasteiger charge is -2.24. The Hall–Kier alpha value is -1.95. The molecule has 1 aromatic carbocycles. The summed E-state index contributed by atoms with van der Waals surface area (Å²) in [5.41, 5.74) is 0. The highest BCUT2D eigenvalue weighted by atomic mass is 32.2. The number of benzene rings is 1. The molecule has 1 aliphatic carbocycles. The number of imidazole rings is 1. The number of hydrogen-bond acceptors (Lipinski definition) is 4. The Labute approximate surface area is 146 Å². The summed E-state index contributed by atoms with van der Waals surface area (Å²) in [7, 11) is 0. The Balaban J connectivity index is 1.57. The molecule has 1 aliphatic rings. The van der Waals surface area contributed by atoms with E-state index in [0.29, 0.717) is 5.75 Å². The molecule has 3 rings (SSSR count). The van der Waals surface area contributed by atoms with Crippen molar-refractivity contribution in [1.29, 1.82) is 0 Å². The monoisotopic (exact) mass is 345 g/mol. The van der Waals surface area contributed by atoms with Crippen LogP contribution in [0.1, 0.15) is 32.2 Å². The van der Waals surface area contributed by atoms with E-state index in [0.717, 1.165) is 19.3 Å². The minimum Gasteiger partial charge on any atom is -0.481 e. The largest absolute Gasteiger partial charge is 0.481 e. The first kappa shape index (κ1) is 16.9. The van der Waals surface area contributed by atoms with E-state index in [2.05, 4.69) is 14.9 Å². The summed E-state index contributed by atoms with van der Waals surface area (Å²) in [6.45, 7) is 1.79. The lowest BCUT2D eigenvalue weighted by molar-refractivity contribution is -0.128. The Bertz CT molecular complexity index is 657. The number of nitrogens with zero attached hydrogens (tertiary/aromatic N) is 2. The third kappa shape index (κ3) is 3.93. The lowest BCUT2D eigenvalue weighted by Crippen LogP contribution is -2.44. The Morgan fingerprint density at radius 1 is 1.38 bits per heavy atom. The molecule has 0 spiro atoms. The molecule has 1 heterocycles. The van der Waals surface area contributed by atoms with Gasteiger partial charge in [0.05, 0.1) is 12.4 Å². The third-order valence-corrected chi connectivity index (χ3v) is 5.20. The maximum absolute atomic E-state index is 12.5. The van der Waals surface area contributed by atoms with Crippen molar-refractivity contribution in [2.24, 2.45) is 0 Å². The summed E-state index contributed by atoms with van der Waals surface area (Å²) in [5.74, 6) is 0.647. The molecule has 3 atom stereocenters. The minimum absolute atomic E-state index is 0.0686. The van der Waals surface area contributed by atoms with Crippen molar-refractivity contribution < 1.29 is 9.53 Å². The van der Waals surface area contributed by atoms with E-state index >= 15 is 0 Å². The first-order valence-electron chi connectivity index (χ1n) is 8.26. The van der Waals surface area contributed by atoms with Gasteiger partial charge in [-0.15, -0.1) is 11.8 Å². The number of carbonyl (C=O) groups excluding carboxylic acids is 1. The van der Waals surface area contributed by atoms with Crippen LogP contribution in [0, 0.1) is 0 Å². The van der Waals surface area contributed by atoms with Crippen LogP contribution >= 0.6 is 11.8 Å². The average molecular weight is 345 g/mol. The van der Waals surface area contributed by atoms with E-state index in [4.69, 9.17) is 4.74 Å². The number of nitrogens with one attached hydrogen (secondary N) is 1. The molecule has 6 heteroatoms. The van der Waals surface area contributed by atoms with Gasteiger partial charge in [0.15, 0.2) is 6.10 Å². The summed E-state index contributed by atoms with van der Waals surface area (Å²) < 4.78 is 7.86. The van der Waals surface area contributed by atoms with Crippen LogP contribution in [0.15, 0.2) is 47.9 Å². The van der Waals surface area contributed by atoms with Crippen LogP contribution in [-0.2, 0) is 4.79 Å². The molecule has 0 unspecified atom stereocenters. The molecule has 1 saturated carbocycles. The molecular weight excluding hydrogens is 322 g/mol. The van der Waals surface area contributed by atoms with Crippen LogP contribution in [0.3, 0.4) is 0 Å². The molecule has 1 fully saturated rings. The quantitative estimate of drug-likeness (QED) is 0.816. The second-order valence-corrected chi connectivity index (χ2v) is 6.94. The molecule has 1 aromatic heterocycles. The van der Waals surface area contributed by atoms with Crippen LogP contribution in [0.4, 0.5) is 0 Å². The predicted octanol–water partition coefficient (Wildman–Crippen LogP) is 3.28. The molecule has 0 aliphatic heterocycles. The summed E-state index contributed by atoms with van der Waals surface area (Å²) >= 11 is 1.68. The molecule has 1 N–H and O–H groups in total. The van der Waals surface area contributed by atoms with Crippen molar-refractivity contribution in [3.8, 4) is 5.75 Å². The van der Waals surface area contributed by atoms with E-state index in [-0.39, 0.29) is 18.0 Å². The normalized spacial score (nSPS) is 21.4. The molecule has 1 amide bonds. The maximum Gasteiger partial charge on any atom is 0.261 e. The molecule has 5 nitrogen and oxygen atoms in total. The van der Waals surface area contributed by atoms with Gasteiger partial charge in [-0.1, -0.05) is 0 Å². The van der Waals surface area contributed by atoms with E-state index in [9.17, 15) is 4.79 Å². The molecule has 0 radical (unpaired) electrons. The topological polar surface area (TPSA) is 56.1 Å². The Morgan fingerprint density at radius 2 is 2.17 bits per heavy atom. The second-order valence-electron chi connectivity index (χ2n) is 6.06. The summed E-state index contributed by atoms with van der Waals surface area (Å²) in [6.07, 6.45) is 10.2. The molecule has 24 heavy (non-hydrogen) atoms. The van der Waals surface area contributed by atoms with Crippen LogP contribution in [0.2, 0.25) is 0 Å². The van der Waals surface area contributed by atoms with E-state index < -0.39 is 6.10 Å². The fourth-order valence-corrected chi connectivity index (χ4v) is 3.55. The van der Waals surface area contributed by atoms with E-state index in [1.54, 1.807) is 24.9 Å². The molecule has 0 bridgehead atoms. The molecular formula is C18H23N3O2S. The lowest BCUT2D eigenvalue weighted by atomic mass is 10.1. The van der Waals surface area contributed by atoms with Crippen molar-refractivity contribution >= 4 is 17.7 Å². The van der Waals surface area contributed by atoms with Crippen molar-refractivity contribution in [2.45, 2.75) is 49.3 Å². The maximum atomic E-state index is 12.5. The highest BCUT2D eigenvalue weighted by Crippen LogP contribution is 2.30. The van der Waals surface area contributed by atoms with Crippen LogP contribution in [0.25, 0.3) is 0 Å². The second kappa shape index (κ2) is 7.75. The SMILES string of the molecule is CSc1ccc(O[C@H](C)C(=O)N[C@H]2CCC[C@H]2n2ccnc2)cc1. The zero-order valence-corrected chi connectivity index (χ0v) is 14.8. The summed E-state index contributed by atoms with van der Waals surface area (Å²) in [4.78, 5) is 17.8. The van der Waals surface area contributed by atoms with Gasteiger partial charge in [0, 0.05) is 23.3 Å². The Kier molecular flexibility index (Phi) is 5.45. The number of aromatic nitrogens is 2. The van der Waals surface area contributed by atoms with Gasteiger partial charge in [-0.2, -0.15) is 0 Å². The van der Waals surface area contributed by atoms with Gasteiger partial charge in [-0.05, 0) is 56.7 Å². The fraction of sp³-hybridized carbons (Fsp3) is 0.444. The van der Waals surface area contributed by atoms with Gasteiger partial charge in [0.2, 0.25) is 0 Å². The molecule has 2 aromatic rings.